The summed E-state index contributed by atoms with van der Waals surface area (Å²) in [5.74, 6) is -1.35. The minimum Gasteiger partial charge on any atom is -0.462 e. The lowest BCUT2D eigenvalue weighted by Crippen LogP contribution is -2.52. The lowest BCUT2D eigenvalue weighted by atomic mass is 9.91. The van der Waals surface area contributed by atoms with Crippen LogP contribution in [0.3, 0.4) is 0 Å². The van der Waals surface area contributed by atoms with Crippen molar-refractivity contribution in [3.8, 4) is 0 Å². The Morgan fingerprint density at radius 3 is 2.14 bits per heavy atom. The standard InChI is InChI=1S/C26H28F6N2O3/c1-16(2)37-23(35)15-33-21-8-9-34(22(14-21)10-17-6-4-3-5-7-17)24(36)18-11-19(25(27,28)29)13-20(12-18)26(30,31)32/h3-7,11-13,16,21-22,33H,8-10,14-15H2,1-2H3/t21-,22+/m0/s1. The van der Waals surface area contributed by atoms with Gasteiger partial charge in [0.05, 0.1) is 23.8 Å². The molecule has 0 aromatic heterocycles. The highest BCUT2D eigenvalue weighted by molar-refractivity contribution is 5.95. The van der Waals surface area contributed by atoms with Gasteiger partial charge in [0.2, 0.25) is 0 Å². The molecule has 1 heterocycles. The van der Waals surface area contributed by atoms with Gasteiger partial charge in [0.1, 0.15) is 0 Å². The molecule has 202 valence electrons. The van der Waals surface area contributed by atoms with Crippen molar-refractivity contribution in [2.75, 3.05) is 13.1 Å². The summed E-state index contributed by atoms with van der Waals surface area (Å²) in [7, 11) is 0. The zero-order chi connectivity index (χ0) is 27.4. The van der Waals surface area contributed by atoms with Crippen LogP contribution in [0.25, 0.3) is 0 Å². The smallest absolute Gasteiger partial charge is 0.416 e. The lowest BCUT2D eigenvalue weighted by Gasteiger charge is -2.40. The molecule has 3 rings (SSSR count). The summed E-state index contributed by atoms with van der Waals surface area (Å²) in [6.07, 6.45) is -9.35. The first-order valence-electron chi connectivity index (χ1n) is 11.8. The van der Waals surface area contributed by atoms with Crippen molar-refractivity contribution < 1.29 is 40.7 Å². The molecule has 0 spiro atoms. The molecule has 1 N–H and O–H groups in total. The van der Waals surface area contributed by atoms with Gasteiger partial charge in [0, 0.05) is 24.2 Å². The Hall–Kier alpha value is -3.08. The van der Waals surface area contributed by atoms with Gasteiger partial charge in [0.15, 0.2) is 0 Å². The molecule has 0 unspecified atom stereocenters. The molecule has 2 atom stereocenters. The zero-order valence-corrected chi connectivity index (χ0v) is 20.3. The van der Waals surface area contributed by atoms with E-state index in [9.17, 15) is 35.9 Å². The minimum atomic E-state index is -5.05. The van der Waals surface area contributed by atoms with Gasteiger partial charge in [0.25, 0.3) is 5.91 Å². The van der Waals surface area contributed by atoms with Crippen LogP contribution >= 0.6 is 0 Å². The van der Waals surface area contributed by atoms with Crippen LogP contribution in [0.4, 0.5) is 26.3 Å². The summed E-state index contributed by atoms with van der Waals surface area (Å²) < 4.78 is 85.2. The Kier molecular flexibility index (Phi) is 8.88. The van der Waals surface area contributed by atoms with Crippen LogP contribution in [0.1, 0.15) is 53.7 Å². The van der Waals surface area contributed by atoms with E-state index < -0.39 is 47.0 Å². The first-order valence-corrected chi connectivity index (χ1v) is 11.8. The molecular weight excluding hydrogens is 502 g/mol. The molecule has 1 amide bonds. The molecule has 0 saturated carbocycles. The van der Waals surface area contributed by atoms with Crippen molar-refractivity contribution in [2.45, 2.75) is 63.7 Å². The van der Waals surface area contributed by atoms with Crippen molar-refractivity contribution >= 4 is 11.9 Å². The van der Waals surface area contributed by atoms with Crippen molar-refractivity contribution in [1.29, 1.82) is 0 Å². The number of carbonyl (C=O) groups is 2. The number of hydrogen-bond donors (Lipinski definition) is 1. The molecule has 0 bridgehead atoms. The number of hydrogen-bond acceptors (Lipinski definition) is 4. The van der Waals surface area contributed by atoms with E-state index in [1.165, 1.54) is 4.90 Å². The van der Waals surface area contributed by atoms with Crippen LogP contribution in [0.5, 0.6) is 0 Å². The van der Waals surface area contributed by atoms with E-state index in [1.54, 1.807) is 32.0 Å². The molecule has 1 aliphatic heterocycles. The predicted octanol–water partition coefficient (Wildman–Crippen LogP) is 5.48. The molecule has 5 nitrogen and oxygen atoms in total. The Labute approximate surface area is 210 Å². The van der Waals surface area contributed by atoms with Crippen molar-refractivity contribution in [3.05, 3.63) is 70.8 Å². The molecule has 2 aromatic rings. The van der Waals surface area contributed by atoms with E-state index >= 15 is 0 Å². The maximum absolute atomic E-state index is 13.3. The molecule has 0 radical (unpaired) electrons. The first kappa shape index (κ1) is 28.5. The quantitative estimate of drug-likeness (QED) is 0.381. The van der Waals surface area contributed by atoms with Crippen molar-refractivity contribution in [1.82, 2.24) is 10.2 Å². The Morgan fingerprint density at radius 1 is 1.00 bits per heavy atom. The fraction of sp³-hybridized carbons (Fsp3) is 0.462. The summed E-state index contributed by atoms with van der Waals surface area (Å²) in [5, 5.41) is 3.09. The number of nitrogens with zero attached hydrogens (tertiary/aromatic N) is 1. The van der Waals surface area contributed by atoms with E-state index in [0.29, 0.717) is 31.4 Å². The van der Waals surface area contributed by atoms with Gasteiger partial charge in [-0.25, -0.2) is 0 Å². The molecule has 1 saturated heterocycles. The summed E-state index contributed by atoms with van der Waals surface area (Å²) in [4.78, 5) is 26.6. The molecular formula is C26H28F6N2O3. The number of ether oxygens (including phenoxy) is 1. The molecule has 1 aliphatic rings. The van der Waals surface area contributed by atoms with E-state index in [4.69, 9.17) is 4.74 Å². The van der Waals surface area contributed by atoms with E-state index in [1.807, 2.05) is 12.1 Å². The van der Waals surface area contributed by atoms with Gasteiger partial charge < -0.3 is 15.0 Å². The normalized spacial score (nSPS) is 18.7. The van der Waals surface area contributed by atoms with Gasteiger partial charge in [-0.1, -0.05) is 30.3 Å². The number of rotatable bonds is 7. The third-order valence-corrected chi connectivity index (χ3v) is 6.03. The summed E-state index contributed by atoms with van der Waals surface area (Å²) in [6.45, 7) is 3.47. The third-order valence-electron chi connectivity index (χ3n) is 6.03. The summed E-state index contributed by atoms with van der Waals surface area (Å²) in [6, 6.07) is 9.25. The van der Waals surface area contributed by atoms with Gasteiger partial charge in [-0.2, -0.15) is 26.3 Å². The number of alkyl halides is 6. The largest absolute Gasteiger partial charge is 0.462 e. The second kappa shape index (κ2) is 11.5. The van der Waals surface area contributed by atoms with Crippen LogP contribution in [-0.4, -0.2) is 48.1 Å². The van der Waals surface area contributed by atoms with Crippen LogP contribution < -0.4 is 5.32 Å². The van der Waals surface area contributed by atoms with Crippen LogP contribution in [0, 0.1) is 0 Å². The Balaban J connectivity index is 1.87. The van der Waals surface area contributed by atoms with Crippen molar-refractivity contribution in [2.24, 2.45) is 0 Å². The average Bonchev–Trinajstić information content (AvgIpc) is 2.81. The molecule has 2 aromatic carbocycles. The third kappa shape index (κ3) is 7.95. The molecule has 37 heavy (non-hydrogen) atoms. The monoisotopic (exact) mass is 530 g/mol. The Morgan fingerprint density at radius 2 is 1.59 bits per heavy atom. The number of halogens is 6. The summed E-state index contributed by atoms with van der Waals surface area (Å²) in [5.41, 5.74) is -2.90. The number of nitrogens with one attached hydrogen (secondary N) is 1. The predicted molar refractivity (Wildman–Crippen MR) is 124 cm³/mol. The van der Waals surface area contributed by atoms with Gasteiger partial charge in [-0.3, -0.25) is 9.59 Å². The van der Waals surface area contributed by atoms with E-state index in [2.05, 4.69) is 5.32 Å². The molecule has 11 heteroatoms. The highest BCUT2D eigenvalue weighted by atomic mass is 19.4. The zero-order valence-electron chi connectivity index (χ0n) is 20.3. The van der Waals surface area contributed by atoms with Crippen LogP contribution in [-0.2, 0) is 28.3 Å². The maximum atomic E-state index is 13.3. The van der Waals surface area contributed by atoms with Gasteiger partial charge >= 0.3 is 18.3 Å². The fourth-order valence-corrected chi connectivity index (χ4v) is 4.36. The number of likely N-dealkylation sites (tertiary alicyclic amines) is 1. The number of amides is 1. The average molecular weight is 531 g/mol. The fourth-order valence-electron chi connectivity index (χ4n) is 4.36. The molecule has 1 fully saturated rings. The number of benzene rings is 2. The van der Waals surface area contributed by atoms with E-state index in [-0.39, 0.29) is 31.3 Å². The topological polar surface area (TPSA) is 58.6 Å². The number of carbonyl (C=O) groups excluding carboxylic acids is 2. The Bertz CT molecular complexity index is 1050. The van der Waals surface area contributed by atoms with Crippen LogP contribution in [0.15, 0.2) is 48.5 Å². The summed E-state index contributed by atoms with van der Waals surface area (Å²) >= 11 is 0. The second-order valence-electron chi connectivity index (χ2n) is 9.28. The maximum Gasteiger partial charge on any atom is 0.416 e. The first-order chi connectivity index (χ1) is 17.2. The number of esters is 1. The molecule has 0 aliphatic carbocycles. The lowest BCUT2D eigenvalue weighted by molar-refractivity contribution is -0.146. The van der Waals surface area contributed by atoms with Crippen LogP contribution in [0.2, 0.25) is 0 Å². The second-order valence-corrected chi connectivity index (χ2v) is 9.28. The van der Waals surface area contributed by atoms with Gasteiger partial charge in [-0.15, -0.1) is 0 Å². The SMILES string of the molecule is CC(C)OC(=O)CN[C@H]1CCN(C(=O)c2cc(C(F)(F)F)cc(C(F)(F)F)c2)[C@H](Cc2ccccc2)C1. The number of piperidine rings is 1. The highest BCUT2D eigenvalue weighted by Gasteiger charge is 2.39. The highest BCUT2D eigenvalue weighted by Crippen LogP contribution is 2.37. The van der Waals surface area contributed by atoms with Crippen molar-refractivity contribution in [3.63, 3.8) is 0 Å². The minimum absolute atomic E-state index is 0.00459. The van der Waals surface area contributed by atoms with Gasteiger partial charge in [-0.05, 0) is 56.9 Å². The van der Waals surface area contributed by atoms with E-state index in [0.717, 1.165) is 5.56 Å².